The molecule has 0 spiro atoms. The normalized spacial score (nSPS) is 12.3. The molecule has 3 rings (SSSR count). The van der Waals surface area contributed by atoms with E-state index in [0.29, 0.717) is 0 Å². The van der Waals surface area contributed by atoms with Crippen LogP contribution in [0.4, 0.5) is 0 Å². The highest BCUT2D eigenvalue weighted by molar-refractivity contribution is 7.99. The highest BCUT2D eigenvalue weighted by atomic mass is 32.2. The summed E-state index contributed by atoms with van der Waals surface area (Å²) in [6, 6.07) is 15.1. The summed E-state index contributed by atoms with van der Waals surface area (Å²) in [6.45, 7) is 0.237. The smallest absolute Gasteiger partial charge is 0.0525 e. The molecule has 2 aromatic carbocycles. The SMILES string of the molecule is OCCSc1cccc2c1Cc1ccccc1-2. The van der Waals surface area contributed by atoms with Gasteiger partial charge in [0.2, 0.25) is 0 Å². The van der Waals surface area contributed by atoms with Crippen molar-refractivity contribution >= 4 is 11.8 Å². The van der Waals surface area contributed by atoms with Gasteiger partial charge < -0.3 is 5.11 Å². The van der Waals surface area contributed by atoms with Gasteiger partial charge in [-0.05, 0) is 34.7 Å². The molecule has 0 atom stereocenters. The maximum Gasteiger partial charge on any atom is 0.0525 e. The van der Waals surface area contributed by atoms with Crippen LogP contribution < -0.4 is 0 Å². The molecule has 0 heterocycles. The molecule has 0 fully saturated rings. The first-order chi connectivity index (χ1) is 8.40. The third-order valence-electron chi connectivity index (χ3n) is 3.16. The van der Waals surface area contributed by atoms with Crippen molar-refractivity contribution in [2.75, 3.05) is 12.4 Å². The molecule has 0 aliphatic heterocycles. The molecule has 1 nitrogen and oxygen atoms in total. The van der Waals surface area contributed by atoms with Crippen molar-refractivity contribution in [1.82, 2.24) is 0 Å². The molecule has 0 aromatic heterocycles. The van der Waals surface area contributed by atoms with E-state index in [0.717, 1.165) is 12.2 Å². The number of aliphatic hydroxyl groups excluding tert-OH is 1. The first-order valence-electron chi connectivity index (χ1n) is 5.84. The highest BCUT2D eigenvalue weighted by Crippen LogP contribution is 2.40. The van der Waals surface area contributed by atoms with Crippen LogP contribution in [0, 0.1) is 0 Å². The van der Waals surface area contributed by atoms with Crippen LogP contribution in [0.2, 0.25) is 0 Å². The van der Waals surface area contributed by atoms with Gasteiger partial charge in [-0.25, -0.2) is 0 Å². The largest absolute Gasteiger partial charge is 0.396 e. The zero-order valence-corrected chi connectivity index (χ0v) is 10.3. The lowest BCUT2D eigenvalue weighted by molar-refractivity contribution is 0.322. The van der Waals surface area contributed by atoms with Crippen molar-refractivity contribution in [1.29, 1.82) is 0 Å². The summed E-state index contributed by atoms with van der Waals surface area (Å²) in [4.78, 5) is 1.31. The molecule has 0 unspecified atom stereocenters. The van der Waals surface area contributed by atoms with E-state index in [4.69, 9.17) is 5.11 Å². The Bertz CT molecular complexity index is 548. The van der Waals surface area contributed by atoms with E-state index in [1.54, 1.807) is 11.8 Å². The van der Waals surface area contributed by atoms with Crippen LogP contribution >= 0.6 is 11.8 Å². The van der Waals surface area contributed by atoms with Gasteiger partial charge in [0.15, 0.2) is 0 Å². The third kappa shape index (κ3) is 1.88. The Morgan fingerprint density at radius 3 is 2.71 bits per heavy atom. The molecular formula is C15H14OS. The molecule has 17 heavy (non-hydrogen) atoms. The Labute approximate surface area is 105 Å². The second-order valence-corrected chi connectivity index (χ2v) is 5.33. The first kappa shape index (κ1) is 10.9. The predicted octanol–water partition coefficient (Wildman–Crippen LogP) is 3.34. The van der Waals surface area contributed by atoms with Gasteiger partial charge >= 0.3 is 0 Å². The molecule has 0 saturated heterocycles. The first-order valence-corrected chi connectivity index (χ1v) is 6.82. The van der Waals surface area contributed by atoms with E-state index in [-0.39, 0.29) is 6.61 Å². The van der Waals surface area contributed by atoms with Crippen LogP contribution in [0.5, 0.6) is 0 Å². The van der Waals surface area contributed by atoms with Crippen molar-refractivity contribution in [3.05, 3.63) is 53.6 Å². The molecule has 2 aromatic rings. The van der Waals surface area contributed by atoms with Crippen molar-refractivity contribution in [3.63, 3.8) is 0 Å². The summed E-state index contributed by atoms with van der Waals surface area (Å²) in [5.41, 5.74) is 5.57. The predicted molar refractivity (Wildman–Crippen MR) is 72.5 cm³/mol. The fraction of sp³-hybridized carbons (Fsp3) is 0.200. The van der Waals surface area contributed by atoms with Crippen LogP contribution in [0.15, 0.2) is 47.4 Å². The van der Waals surface area contributed by atoms with Crippen molar-refractivity contribution in [2.24, 2.45) is 0 Å². The summed E-state index contributed by atoms with van der Waals surface area (Å²) in [5, 5.41) is 8.93. The molecule has 1 aliphatic carbocycles. The Balaban J connectivity index is 2.05. The second-order valence-electron chi connectivity index (χ2n) is 4.19. The number of hydrogen-bond acceptors (Lipinski definition) is 2. The summed E-state index contributed by atoms with van der Waals surface area (Å²) in [7, 11) is 0. The van der Waals surface area contributed by atoms with Crippen molar-refractivity contribution in [2.45, 2.75) is 11.3 Å². The minimum Gasteiger partial charge on any atom is -0.396 e. The molecule has 1 aliphatic rings. The van der Waals surface area contributed by atoms with E-state index in [9.17, 15) is 0 Å². The molecule has 0 saturated carbocycles. The van der Waals surface area contributed by atoms with E-state index < -0.39 is 0 Å². The average Bonchev–Trinajstić information content (AvgIpc) is 2.75. The maximum absolute atomic E-state index is 8.93. The number of benzene rings is 2. The summed E-state index contributed by atoms with van der Waals surface area (Å²) in [5.74, 6) is 0.771. The lowest BCUT2D eigenvalue weighted by Crippen LogP contribution is -1.90. The monoisotopic (exact) mass is 242 g/mol. The quantitative estimate of drug-likeness (QED) is 0.711. The van der Waals surface area contributed by atoms with Crippen LogP contribution in [-0.2, 0) is 6.42 Å². The fourth-order valence-corrected chi connectivity index (χ4v) is 3.26. The van der Waals surface area contributed by atoms with Crippen LogP contribution in [0.25, 0.3) is 11.1 Å². The van der Waals surface area contributed by atoms with Crippen LogP contribution in [0.3, 0.4) is 0 Å². The van der Waals surface area contributed by atoms with Gasteiger partial charge in [-0.1, -0.05) is 36.4 Å². The van der Waals surface area contributed by atoms with E-state index in [1.807, 2.05) is 0 Å². The summed E-state index contributed by atoms with van der Waals surface area (Å²) >= 11 is 1.75. The lowest BCUT2D eigenvalue weighted by Gasteiger charge is -2.06. The van der Waals surface area contributed by atoms with E-state index in [2.05, 4.69) is 42.5 Å². The summed E-state index contributed by atoms with van der Waals surface area (Å²) < 4.78 is 0. The van der Waals surface area contributed by atoms with Crippen LogP contribution in [0.1, 0.15) is 11.1 Å². The van der Waals surface area contributed by atoms with Gasteiger partial charge in [0.25, 0.3) is 0 Å². The lowest BCUT2D eigenvalue weighted by atomic mass is 10.1. The minimum absolute atomic E-state index is 0.237. The number of thioether (sulfide) groups is 1. The molecule has 1 N–H and O–H groups in total. The summed E-state index contributed by atoms with van der Waals surface area (Å²) in [6.07, 6.45) is 1.03. The second kappa shape index (κ2) is 4.55. The Morgan fingerprint density at radius 2 is 1.82 bits per heavy atom. The maximum atomic E-state index is 8.93. The van der Waals surface area contributed by atoms with Crippen molar-refractivity contribution < 1.29 is 5.11 Å². The zero-order chi connectivity index (χ0) is 11.7. The number of aliphatic hydroxyl groups is 1. The van der Waals surface area contributed by atoms with Gasteiger partial charge in [-0.15, -0.1) is 11.8 Å². The topological polar surface area (TPSA) is 20.2 Å². The standard InChI is InChI=1S/C15H14OS/c16-8-9-17-15-7-3-6-13-12-5-2-1-4-11(12)10-14(13)15/h1-7,16H,8-10H2. The van der Waals surface area contributed by atoms with Crippen LogP contribution in [-0.4, -0.2) is 17.5 Å². The zero-order valence-electron chi connectivity index (χ0n) is 9.52. The molecule has 0 bridgehead atoms. The molecule has 86 valence electrons. The molecule has 0 amide bonds. The van der Waals surface area contributed by atoms with Gasteiger partial charge in [0.1, 0.15) is 0 Å². The van der Waals surface area contributed by atoms with E-state index >= 15 is 0 Å². The highest BCUT2D eigenvalue weighted by Gasteiger charge is 2.20. The Kier molecular flexibility index (Phi) is 2.91. The van der Waals surface area contributed by atoms with Gasteiger partial charge in [-0.3, -0.25) is 0 Å². The Morgan fingerprint density at radius 1 is 1.00 bits per heavy atom. The number of fused-ring (bicyclic) bond motifs is 3. The molecule has 2 heteroatoms. The fourth-order valence-electron chi connectivity index (χ4n) is 2.42. The third-order valence-corrected chi connectivity index (χ3v) is 4.24. The van der Waals surface area contributed by atoms with E-state index in [1.165, 1.54) is 27.1 Å². The average molecular weight is 242 g/mol. The number of rotatable bonds is 3. The minimum atomic E-state index is 0.237. The van der Waals surface area contributed by atoms with Crippen molar-refractivity contribution in [3.8, 4) is 11.1 Å². The number of hydrogen-bond donors (Lipinski definition) is 1. The van der Waals surface area contributed by atoms with Gasteiger partial charge in [0, 0.05) is 10.6 Å². The van der Waals surface area contributed by atoms with Gasteiger partial charge in [-0.2, -0.15) is 0 Å². The molecule has 0 radical (unpaired) electrons. The molecular weight excluding hydrogens is 228 g/mol. The van der Waals surface area contributed by atoms with Gasteiger partial charge in [0.05, 0.1) is 6.61 Å². The Hall–Kier alpha value is -1.25.